The molecule has 0 fully saturated rings. The van der Waals surface area contributed by atoms with Crippen LogP contribution in [-0.2, 0) is 13.0 Å². The van der Waals surface area contributed by atoms with Crippen LogP contribution in [0.25, 0.3) is 0 Å². The minimum absolute atomic E-state index is 0.0439. The highest BCUT2D eigenvalue weighted by Gasteiger charge is 2.17. The fourth-order valence-corrected chi connectivity index (χ4v) is 2.81. The predicted octanol–water partition coefficient (Wildman–Crippen LogP) is 3.88. The highest BCUT2D eigenvalue weighted by molar-refractivity contribution is 5.74. The van der Waals surface area contributed by atoms with Crippen LogP contribution in [0.1, 0.15) is 36.6 Å². The summed E-state index contributed by atoms with van der Waals surface area (Å²) < 4.78 is 10.7. The highest BCUT2D eigenvalue weighted by Crippen LogP contribution is 2.32. The van der Waals surface area contributed by atoms with E-state index in [4.69, 9.17) is 9.47 Å². The van der Waals surface area contributed by atoms with Crippen LogP contribution in [0.15, 0.2) is 42.5 Å². The molecule has 1 unspecified atom stereocenters. The van der Waals surface area contributed by atoms with Gasteiger partial charge in [0.2, 0.25) is 6.79 Å². The van der Waals surface area contributed by atoms with E-state index in [2.05, 4.69) is 36.5 Å². The van der Waals surface area contributed by atoms with Gasteiger partial charge >= 0.3 is 6.03 Å². The second-order valence-electron chi connectivity index (χ2n) is 6.31. The van der Waals surface area contributed by atoms with Crippen LogP contribution >= 0.6 is 0 Å². The van der Waals surface area contributed by atoms with Gasteiger partial charge in [0.15, 0.2) is 11.5 Å². The van der Waals surface area contributed by atoms with Crippen molar-refractivity contribution in [2.45, 2.75) is 32.9 Å². The van der Waals surface area contributed by atoms with Crippen molar-refractivity contribution in [3.63, 3.8) is 0 Å². The summed E-state index contributed by atoms with van der Waals surface area (Å²) in [6, 6.07) is 13.9. The number of aryl methyl sites for hydroxylation is 1. The summed E-state index contributed by atoms with van der Waals surface area (Å²) in [5, 5.41) is 3.04. The van der Waals surface area contributed by atoms with Gasteiger partial charge in [-0.1, -0.05) is 37.3 Å². The third-order valence-electron chi connectivity index (χ3n) is 4.43. The van der Waals surface area contributed by atoms with Crippen molar-refractivity contribution in [3.8, 4) is 11.5 Å². The van der Waals surface area contributed by atoms with Crippen LogP contribution in [0.4, 0.5) is 4.79 Å². The molecule has 0 saturated heterocycles. The van der Waals surface area contributed by atoms with Crippen molar-refractivity contribution >= 4 is 6.03 Å². The number of urea groups is 1. The second kappa shape index (κ2) is 7.47. The number of fused-ring (bicyclic) bond motifs is 1. The lowest BCUT2D eigenvalue weighted by Gasteiger charge is -2.22. The maximum atomic E-state index is 12.4. The first-order valence-corrected chi connectivity index (χ1v) is 8.56. The Kier molecular flexibility index (Phi) is 5.12. The van der Waals surface area contributed by atoms with Crippen LogP contribution in [0.5, 0.6) is 11.5 Å². The molecule has 3 rings (SSSR count). The van der Waals surface area contributed by atoms with Crippen molar-refractivity contribution < 1.29 is 14.3 Å². The number of benzene rings is 2. The Morgan fingerprint density at radius 3 is 2.52 bits per heavy atom. The largest absolute Gasteiger partial charge is 0.454 e. The van der Waals surface area contributed by atoms with E-state index in [1.807, 2.05) is 25.1 Å². The summed E-state index contributed by atoms with van der Waals surface area (Å²) in [6.45, 7) is 4.88. The third-order valence-corrected chi connectivity index (χ3v) is 4.43. The van der Waals surface area contributed by atoms with E-state index in [9.17, 15) is 4.79 Å². The van der Waals surface area contributed by atoms with Crippen molar-refractivity contribution in [1.82, 2.24) is 10.2 Å². The summed E-state index contributed by atoms with van der Waals surface area (Å²) in [6.07, 6.45) is 1.01. The molecule has 0 bridgehead atoms. The fourth-order valence-electron chi connectivity index (χ4n) is 2.81. The summed E-state index contributed by atoms with van der Waals surface area (Å²) in [4.78, 5) is 14.1. The van der Waals surface area contributed by atoms with Gasteiger partial charge in [0.25, 0.3) is 0 Å². The van der Waals surface area contributed by atoms with E-state index >= 15 is 0 Å². The molecule has 1 atom stereocenters. The first-order chi connectivity index (χ1) is 12.1. The van der Waals surface area contributed by atoms with Gasteiger partial charge in [0.05, 0.1) is 6.04 Å². The van der Waals surface area contributed by atoms with Gasteiger partial charge in [0.1, 0.15) is 0 Å². The maximum Gasteiger partial charge on any atom is 0.317 e. The number of amides is 2. The maximum absolute atomic E-state index is 12.4. The van der Waals surface area contributed by atoms with Crippen LogP contribution in [0.3, 0.4) is 0 Å². The standard InChI is InChI=1S/C20H24N2O3/c1-4-15-5-8-17(9-6-15)14(2)21-20(23)22(3)12-16-7-10-18-19(11-16)25-13-24-18/h5-11,14H,4,12-13H2,1-3H3,(H,21,23). The second-order valence-corrected chi connectivity index (χ2v) is 6.31. The number of nitrogens with one attached hydrogen (secondary N) is 1. The Bertz CT molecular complexity index is 743. The Labute approximate surface area is 148 Å². The lowest BCUT2D eigenvalue weighted by Crippen LogP contribution is -2.38. The van der Waals surface area contributed by atoms with E-state index < -0.39 is 0 Å². The van der Waals surface area contributed by atoms with Gasteiger partial charge in [-0.3, -0.25) is 0 Å². The number of carbonyl (C=O) groups excluding carboxylic acids is 1. The zero-order valence-corrected chi connectivity index (χ0v) is 14.9. The van der Waals surface area contributed by atoms with Crippen LogP contribution in [-0.4, -0.2) is 24.8 Å². The van der Waals surface area contributed by atoms with Crippen molar-refractivity contribution in [3.05, 3.63) is 59.2 Å². The van der Waals surface area contributed by atoms with Gasteiger partial charge < -0.3 is 19.7 Å². The monoisotopic (exact) mass is 340 g/mol. The van der Waals surface area contributed by atoms with Crippen LogP contribution in [0.2, 0.25) is 0 Å². The number of hydrogen-bond acceptors (Lipinski definition) is 3. The van der Waals surface area contributed by atoms with Crippen molar-refractivity contribution in [2.75, 3.05) is 13.8 Å². The summed E-state index contributed by atoms with van der Waals surface area (Å²) in [5.74, 6) is 1.48. The Morgan fingerprint density at radius 1 is 1.12 bits per heavy atom. The molecule has 0 aromatic heterocycles. The minimum atomic E-state index is -0.107. The van der Waals surface area contributed by atoms with E-state index in [-0.39, 0.29) is 18.9 Å². The molecule has 0 spiro atoms. The number of carbonyl (C=O) groups is 1. The molecule has 1 heterocycles. The summed E-state index contributed by atoms with van der Waals surface area (Å²) >= 11 is 0. The molecule has 5 nitrogen and oxygen atoms in total. The van der Waals surface area contributed by atoms with Gasteiger partial charge in [-0.05, 0) is 42.2 Å². The predicted molar refractivity (Wildman–Crippen MR) is 96.8 cm³/mol. The number of nitrogens with zero attached hydrogens (tertiary/aromatic N) is 1. The zero-order chi connectivity index (χ0) is 17.8. The SMILES string of the molecule is CCc1ccc(C(C)NC(=O)N(C)Cc2ccc3c(c2)OCO3)cc1. The average Bonchev–Trinajstić information content (AvgIpc) is 3.09. The molecule has 132 valence electrons. The molecule has 0 aliphatic carbocycles. The number of ether oxygens (including phenoxy) is 2. The molecule has 5 heteroatoms. The van der Waals surface area contributed by atoms with Crippen LogP contribution in [0, 0.1) is 0 Å². The normalized spacial score (nSPS) is 13.4. The van der Waals surface area contributed by atoms with E-state index in [1.54, 1.807) is 11.9 Å². The molecule has 2 amide bonds. The Hall–Kier alpha value is -2.69. The molecule has 0 radical (unpaired) electrons. The topological polar surface area (TPSA) is 50.8 Å². The quantitative estimate of drug-likeness (QED) is 0.899. The highest BCUT2D eigenvalue weighted by atomic mass is 16.7. The first-order valence-electron chi connectivity index (χ1n) is 8.56. The molecule has 0 saturated carbocycles. The van der Waals surface area contributed by atoms with E-state index in [0.717, 1.165) is 29.0 Å². The average molecular weight is 340 g/mol. The smallest absolute Gasteiger partial charge is 0.317 e. The van der Waals surface area contributed by atoms with Gasteiger partial charge in [0, 0.05) is 13.6 Å². The van der Waals surface area contributed by atoms with Crippen molar-refractivity contribution in [1.29, 1.82) is 0 Å². The fraction of sp³-hybridized carbons (Fsp3) is 0.350. The summed E-state index contributed by atoms with van der Waals surface area (Å²) in [5.41, 5.74) is 3.39. The lowest BCUT2D eigenvalue weighted by atomic mass is 10.1. The van der Waals surface area contributed by atoms with Crippen LogP contribution < -0.4 is 14.8 Å². The van der Waals surface area contributed by atoms with Gasteiger partial charge in [-0.25, -0.2) is 4.79 Å². The molecule has 1 N–H and O–H groups in total. The summed E-state index contributed by atoms with van der Waals surface area (Å²) in [7, 11) is 1.78. The van der Waals surface area contributed by atoms with E-state index in [1.165, 1.54) is 5.56 Å². The van der Waals surface area contributed by atoms with Gasteiger partial charge in [-0.15, -0.1) is 0 Å². The van der Waals surface area contributed by atoms with Crippen molar-refractivity contribution in [2.24, 2.45) is 0 Å². The molecule has 2 aromatic carbocycles. The zero-order valence-electron chi connectivity index (χ0n) is 14.9. The number of rotatable bonds is 5. The first kappa shape index (κ1) is 17.1. The molecular formula is C20H24N2O3. The Balaban J connectivity index is 1.58. The molecule has 1 aliphatic rings. The number of hydrogen-bond donors (Lipinski definition) is 1. The molecule has 2 aromatic rings. The van der Waals surface area contributed by atoms with Gasteiger partial charge in [-0.2, -0.15) is 0 Å². The van der Waals surface area contributed by atoms with E-state index in [0.29, 0.717) is 6.54 Å². The third kappa shape index (κ3) is 4.05. The minimum Gasteiger partial charge on any atom is -0.454 e. The molecular weight excluding hydrogens is 316 g/mol. The lowest BCUT2D eigenvalue weighted by molar-refractivity contribution is 0.174. The Morgan fingerprint density at radius 2 is 1.80 bits per heavy atom. The molecule has 25 heavy (non-hydrogen) atoms. The molecule has 1 aliphatic heterocycles.